The van der Waals surface area contributed by atoms with Gasteiger partial charge in [0.2, 0.25) is 5.91 Å². The number of hydrogen-bond donors (Lipinski definition) is 1. The highest BCUT2D eigenvalue weighted by Crippen LogP contribution is 2.38. The lowest BCUT2D eigenvalue weighted by Crippen LogP contribution is -2.38. The minimum absolute atomic E-state index is 0.0470. The fraction of sp³-hybridized carbons (Fsp3) is 0.609. The molecule has 1 aliphatic carbocycles. The first-order chi connectivity index (χ1) is 15.5. The number of dihydropyridines is 1. The van der Waals surface area contributed by atoms with E-state index in [0.29, 0.717) is 11.8 Å². The van der Waals surface area contributed by atoms with E-state index >= 15 is 0 Å². The van der Waals surface area contributed by atoms with Gasteiger partial charge in [-0.05, 0) is 37.0 Å². The maximum Gasteiger partial charge on any atom is 0.224 e. The molecular weight excluding hydrogens is 422 g/mol. The van der Waals surface area contributed by atoms with E-state index in [-0.39, 0.29) is 11.9 Å². The van der Waals surface area contributed by atoms with Crippen LogP contribution in [0.2, 0.25) is 0 Å². The monoisotopic (exact) mass is 455 g/mol. The zero-order valence-corrected chi connectivity index (χ0v) is 20.0. The largest absolute Gasteiger partial charge is 0.368 e. The number of aliphatic imine (C=N–C) groups is 2. The fourth-order valence-electron chi connectivity index (χ4n) is 5.11. The van der Waals surface area contributed by atoms with Crippen molar-refractivity contribution in [1.29, 1.82) is 0 Å². The number of allylic oxidation sites excluding steroid dienone is 3. The second-order valence-electron chi connectivity index (χ2n) is 9.27. The van der Waals surface area contributed by atoms with Crippen molar-refractivity contribution in [3.05, 3.63) is 35.4 Å². The van der Waals surface area contributed by atoms with Gasteiger partial charge in [0, 0.05) is 47.2 Å². The molecule has 0 spiro atoms. The van der Waals surface area contributed by atoms with Crippen molar-refractivity contribution in [3.63, 3.8) is 0 Å². The predicted molar refractivity (Wildman–Crippen MR) is 130 cm³/mol. The lowest BCUT2D eigenvalue weighted by molar-refractivity contribution is -0.129. The number of hydrazine groups is 1. The summed E-state index contributed by atoms with van der Waals surface area (Å²) in [5, 5.41) is 3.66. The Morgan fingerprint density at radius 3 is 2.75 bits per heavy atom. The number of amides is 1. The van der Waals surface area contributed by atoms with Crippen LogP contribution in [0.4, 0.5) is 0 Å². The Morgan fingerprint density at radius 2 is 1.94 bits per heavy atom. The normalized spacial score (nSPS) is 30.8. The highest BCUT2D eigenvalue weighted by Gasteiger charge is 2.36. The molecule has 0 radical (unpaired) electrons. The molecule has 4 aliphatic heterocycles. The molecule has 5 rings (SSSR count). The number of nitrogens with one attached hydrogen (secondary N) is 1. The number of nitrogens with zero attached hydrogens (tertiary/aromatic N) is 6. The third-order valence-corrected chi connectivity index (χ3v) is 8.50. The molecule has 8 nitrogen and oxygen atoms in total. The molecule has 2 unspecified atom stereocenters. The number of fused-ring (bicyclic) bond motifs is 1. The molecular formula is C23H33N7OS. The average Bonchev–Trinajstić information content (AvgIpc) is 3.41. The van der Waals surface area contributed by atoms with Crippen LogP contribution in [0.3, 0.4) is 0 Å². The third kappa shape index (κ3) is 4.20. The van der Waals surface area contributed by atoms with Crippen molar-refractivity contribution in [2.45, 2.75) is 43.5 Å². The van der Waals surface area contributed by atoms with Gasteiger partial charge >= 0.3 is 0 Å². The van der Waals surface area contributed by atoms with E-state index in [9.17, 15) is 4.79 Å². The van der Waals surface area contributed by atoms with Crippen LogP contribution in [0.15, 0.2) is 45.4 Å². The Labute approximate surface area is 194 Å². The fourth-order valence-corrected chi connectivity index (χ4v) is 6.36. The summed E-state index contributed by atoms with van der Waals surface area (Å²) in [6, 6.07) is 0.0470. The van der Waals surface area contributed by atoms with Gasteiger partial charge in [-0.15, -0.1) is 0 Å². The second-order valence-corrected chi connectivity index (χ2v) is 10.4. The van der Waals surface area contributed by atoms with E-state index in [1.54, 1.807) is 0 Å². The molecule has 2 saturated heterocycles. The van der Waals surface area contributed by atoms with Gasteiger partial charge in [-0.25, -0.2) is 10.0 Å². The Kier molecular flexibility index (Phi) is 6.03. The molecule has 1 N–H and O–H groups in total. The minimum atomic E-state index is 0.0470. The standard InChI is InChI=1S/C23H33N7OS/c1-27-12-13-30(11-10-21(27)31)17-14-19-18(24-15-17)8-9-20(28(19)2)25-23-26-29(3)22(32-23)16-6-4-5-7-16/h8-9,14-16,19,22H,4-7,10-13H2,1-3H3,(H,25,26). The van der Waals surface area contributed by atoms with Gasteiger partial charge < -0.3 is 14.7 Å². The molecule has 0 bridgehead atoms. The van der Waals surface area contributed by atoms with Crippen LogP contribution in [0, 0.1) is 5.92 Å². The number of rotatable bonds is 3. The molecule has 0 aromatic heterocycles. The number of hydrogen-bond acceptors (Lipinski definition) is 7. The Bertz CT molecular complexity index is 917. The van der Waals surface area contributed by atoms with Gasteiger partial charge in [0.15, 0.2) is 5.17 Å². The van der Waals surface area contributed by atoms with E-state index in [0.717, 1.165) is 47.9 Å². The summed E-state index contributed by atoms with van der Waals surface area (Å²) in [6.07, 6.45) is 14.2. The highest BCUT2D eigenvalue weighted by atomic mass is 32.2. The number of likely N-dealkylation sites (N-methyl/N-ethyl adjacent to an activating group) is 2. The van der Waals surface area contributed by atoms with Gasteiger partial charge in [0.25, 0.3) is 0 Å². The Hall–Kier alpha value is -2.26. The number of carbonyl (C=O) groups excluding carboxylic acids is 1. The zero-order valence-electron chi connectivity index (χ0n) is 19.2. The SMILES string of the molecule is CN1CCN(C2=CC3C(=CC=C(/N=C4\NN(C)C(C5CCCC5)S4)N3C)N=C2)CCC1=O. The summed E-state index contributed by atoms with van der Waals surface area (Å²) in [7, 11) is 6.09. The molecule has 2 atom stereocenters. The van der Waals surface area contributed by atoms with Crippen LogP contribution < -0.4 is 5.43 Å². The van der Waals surface area contributed by atoms with E-state index in [4.69, 9.17) is 9.98 Å². The average molecular weight is 456 g/mol. The molecule has 9 heteroatoms. The zero-order chi connectivity index (χ0) is 22.2. The summed E-state index contributed by atoms with van der Waals surface area (Å²) in [6.45, 7) is 2.30. The molecule has 32 heavy (non-hydrogen) atoms. The van der Waals surface area contributed by atoms with Crippen LogP contribution in [0.25, 0.3) is 0 Å². The van der Waals surface area contributed by atoms with Crippen LogP contribution >= 0.6 is 11.8 Å². The molecule has 1 amide bonds. The number of thioether (sulfide) groups is 1. The van der Waals surface area contributed by atoms with Gasteiger partial charge in [0.1, 0.15) is 5.82 Å². The summed E-state index contributed by atoms with van der Waals surface area (Å²) >= 11 is 1.85. The van der Waals surface area contributed by atoms with Crippen molar-refractivity contribution in [2.24, 2.45) is 15.9 Å². The van der Waals surface area contributed by atoms with E-state index in [1.807, 2.05) is 29.9 Å². The van der Waals surface area contributed by atoms with Crippen molar-refractivity contribution < 1.29 is 4.79 Å². The molecule has 3 fully saturated rings. The van der Waals surface area contributed by atoms with Gasteiger partial charge in [-0.2, -0.15) is 0 Å². The molecule has 1 saturated carbocycles. The van der Waals surface area contributed by atoms with Crippen LogP contribution in [0.1, 0.15) is 32.1 Å². The summed E-state index contributed by atoms with van der Waals surface area (Å²) in [4.78, 5) is 28.0. The van der Waals surface area contributed by atoms with E-state index in [2.05, 4.69) is 52.6 Å². The summed E-state index contributed by atoms with van der Waals surface area (Å²) in [5.74, 6) is 1.89. The van der Waals surface area contributed by atoms with Crippen molar-refractivity contribution in [1.82, 2.24) is 25.1 Å². The smallest absolute Gasteiger partial charge is 0.224 e. The van der Waals surface area contributed by atoms with E-state index < -0.39 is 0 Å². The molecule has 5 aliphatic rings. The summed E-state index contributed by atoms with van der Waals surface area (Å²) in [5.41, 5.74) is 5.58. The maximum atomic E-state index is 12.1. The lowest BCUT2D eigenvalue weighted by atomic mass is 10.0. The topological polar surface area (TPSA) is 66.8 Å². The lowest BCUT2D eigenvalue weighted by Gasteiger charge is -2.35. The van der Waals surface area contributed by atoms with Crippen molar-refractivity contribution >= 4 is 29.1 Å². The van der Waals surface area contributed by atoms with Crippen LogP contribution in [-0.2, 0) is 4.79 Å². The third-order valence-electron chi connectivity index (χ3n) is 7.16. The first kappa shape index (κ1) is 21.6. The molecule has 4 heterocycles. The number of amidine groups is 1. The second kappa shape index (κ2) is 8.94. The van der Waals surface area contributed by atoms with Gasteiger partial charge in [-0.3, -0.25) is 15.2 Å². The molecule has 0 aromatic rings. The first-order valence-electron chi connectivity index (χ1n) is 11.6. The van der Waals surface area contributed by atoms with Crippen molar-refractivity contribution in [2.75, 3.05) is 40.8 Å². The van der Waals surface area contributed by atoms with E-state index in [1.165, 1.54) is 25.7 Å². The predicted octanol–water partition coefficient (Wildman–Crippen LogP) is 2.21. The van der Waals surface area contributed by atoms with Gasteiger partial charge in [-0.1, -0.05) is 24.6 Å². The maximum absolute atomic E-state index is 12.1. The van der Waals surface area contributed by atoms with Crippen LogP contribution in [0.5, 0.6) is 0 Å². The minimum Gasteiger partial charge on any atom is -0.368 e. The molecule has 172 valence electrons. The van der Waals surface area contributed by atoms with Gasteiger partial charge in [0.05, 0.1) is 29.0 Å². The Morgan fingerprint density at radius 1 is 1.12 bits per heavy atom. The van der Waals surface area contributed by atoms with Crippen LogP contribution in [-0.4, -0.2) is 89.2 Å². The molecule has 0 aromatic carbocycles. The summed E-state index contributed by atoms with van der Waals surface area (Å²) < 4.78 is 0. The quantitative estimate of drug-likeness (QED) is 0.704. The Balaban J connectivity index is 1.30. The number of carbonyl (C=O) groups is 1. The van der Waals surface area contributed by atoms with Crippen molar-refractivity contribution in [3.8, 4) is 0 Å². The first-order valence-corrected chi connectivity index (χ1v) is 12.5. The highest BCUT2D eigenvalue weighted by molar-refractivity contribution is 8.14.